The molecule has 3 aromatic rings. The molecule has 2 aliphatic rings. The van der Waals surface area contributed by atoms with Gasteiger partial charge >= 0.3 is 0 Å². The second-order valence-corrected chi connectivity index (χ2v) is 10.2. The minimum absolute atomic E-state index is 0.0409. The smallest absolute Gasteiger partial charge is 0.278 e. The molecular formula is C24H24F3N5O3S. The average Bonchev–Trinajstić information content (AvgIpc) is 3.20. The zero-order chi connectivity index (χ0) is 25.7. The van der Waals surface area contributed by atoms with Crippen molar-refractivity contribution in [1.82, 2.24) is 19.8 Å². The molecule has 0 radical (unpaired) electrons. The van der Waals surface area contributed by atoms with Crippen LogP contribution in [-0.4, -0.2) is 50.0 Å². The summed E-state index contributed by atoms with van der Waals surface area (Å²) in [7, 11) is 0. The lowest BCUT2D eigenvalue weighted by Crippen LogP contribution is -2.61. The number of amides is 1. The zero-order valence-electron chi connectivity index (χ0n) is 19.7. The van der Waals surface area contributed by atoms with Crippen molar-refractivity contribution in [1.29, 1.82) is 0 Å². The van der Waals surface area contributed by atoms with Gasteiger partial charge in [0.1, 0.15) is 17.0 Å². The van der Waals surface area contributed by atoms with Crippen LogP contribution >= 0.6 is 11.3 Å². The Hall–Kier alpha value is -3.41. The Morgan fingerprint density at radius 3 is 2.61 bits per heavy atom. The Labute approximate surface area is 208 Å². The highest BCUT2D eigenvalue weighted by Gasteiger charge is 2.41. The van der Waals surface area contributed by atoms with Crippen LogP contribution in [0.3, 0.4) is 0 Å². The van der Waals surface area contributed by atoms with E-state index < -0.39 is 34.5 Å². The number of hydrogen-bond donors (Lipinski definition) is 1. The number of nitrogens with zero attached hydrogens (tertiary/aromatic N) is 5. The van der Waals surface area contributed by atoms with Crippen molar-refractivity contribution in [3.63, 3.8) is 0 Å². The summed E-state index contributed by atoms with van der Waals surface area (Å²) in [6.07, 6.45) is 3.82. The number of benzene rings is 1. The highest BCUT2D eigenvalue weighted by molar-refractivity contribution is 7.14. The minimum Gasteiger partial charge on any atom is -0.502 e. The fraction of sp³-hybridized carbons (Fsp3) is 0.417. The van der Waals surface area contributed by atoms with Gasteiger partial charge in [-0.1, -0.05) is 18.3 Å². The number of rotatable bonds is 4. The van der Waals surface area contributed by atoms with Crippen LogP contribution in [0, 0.1) is 23.4 Å². The van der Waals surface area contributed by atoms with Gasteiger partial charge in [-0.3, -0.25) is 19.3 Å². The molecule has 5 rings (SSSR count). The first kappa shape index (κ1) is 24.3. The second-order valence-electron chi connectivity index (χ2n) is 9.18. The van der Waals surface area contributed by atoms with E-state index in [2.05, 4.69) is 17.1 Å². The average molecular weight is 520 g/mol. The van der Waals surface area contributed by atoms with Gasteiger partial charge in [0.2, 0.25) is 5.43 Å². The Morgan fingerprint density at radius 2 is 1.86 bits per heavy atom. The summed E-state index contributed by atoms with van der Waals surface area (Å²) in [5.74, 6) is -4.14. The number of carbonyl (C=O) groups excluding carboxylic acids is 1. The molecule has 0 saturated carbocycles. The third kappa shape index (κ3) is 4.02. The lowest BCUT2D eigenvalue weighted by atomic mass is 10.1. The zero-order valence-corrected chi connectivity index (χ0v) is 20.5. The summed E-state index contributed by atoms with van der Waals surface area (Å²) in [6.45, 7) is 5.04. The van der Waals surface area contributed by atoms with Crippen LogP contribution in [-0.2, 0) is 6.42 Å². The van der Waals surface area contributed by atoms with Gasteiger partial charge in [-0.15, -0.1) is 10.2 Å². The van der Waals surface area contributed by atoms with E-state index in [1.165, 1.54) is 6.20 Å². The molecule has 190 valence electrons. The van der Waals surface area contributed by atoms with E-state index >= 15 is 0 Å². The molecule has 2 aromatic heterocycles. The van der Waals surface area contributed by atoms with Crippen molar-refractivity contribution in [3.8, 4) is 16.3 Å². The molecule has 0 unspecified atom stereocenters. The number of aromatic hydroxyl groups is 1. The second kappa shape index (κ2) is 9.23. The van der Waals surface area contributed by atoms with Crippen LogP contribution in [0.4, 0.5) is 13.2 Å². The number of aromatic nitrogens is 3. The van der Waals surface area contributed by atoms with E-state index in [9.17, 15) is 27.9 Å². The molecule has 8 nitrogen and oxygen atoms in total. The van der Waals surface area contributed by atoms with Crippen LogP contribution in [0.25, 0.3) is 10.6 Å². The quantitative estimate of drug-likeness (QED) is 0.530. The molecule has 12 heteroatoms. The normalized spacial score (nSPS) is 19.8. The Kier molecular flexibility index (Phi) is 6.23. The first-order chi connectivity index (χ1) is 17.2. The standard InChI is InChI=1S/C24H24F3N5O3S/c1-3-30-19-6-4-5-12(2)10-31(19)32-11-14(21(33)22(34)20(32)24(30)35)23-29-28-18(36-23)8-13-7-16(26)17(27)9-15(13)25/h7,9,11-12,19,34H,3-6,8,10H2,1-2H3/t12-,19-/m0/s1. The summed E-state index contributed by atoms with van der Waals surface area (Å²) in [5.41, 5.74) is -0.925. The predicted molar refractivity (Wildman–Crippen MR) is 127 cm³/mol. The lowest BCUT2D eigenvalue weighted by molar-refractivity contribution is 0.0572. The fourth-order valence-corrected chi connectivity index (χ4v) is 5.81. The Morgan fingerprint density at radius 1 is 1.11 bits per heavy atom. The van der Waals surface area contributed by atoms with E-state index in [1.54, 1.807) is 9.58 Å². The molecule has 1 N–H and O–H groups in total. The van der Waals surface area contributed by atoms with Gasteiger partial charge in [0.25, 0.3) is 5.91 Å². The van der Waals surface area contributed by atoms with E-state index in [4.69, 9.17) is 0 Å². The summed E-state index contributed by atoms with van der Waals surface area (Å²) in [4.78, 5) is 28.1. The summed E-state index contributed by atoms with van der Waals surface area (Å²) in [6, 6.07) is 1.23. The summed E-state index contributed by atoms with van der Waals surface area (Å²) < 4.78 is 42.5. The summed E-state index contributed by atoms with van der Waals surface area (Å²) in [5, 5.41) is 21.3. The topological polar surface area (TPSA) is 91.6 Å². The van der Waals surface area contributed by atoms with Gasteiger partial charge in [-0.05, 0) is 43.7 Å². The van der Waals surface area contributed by atoms with Gasteiger partial charge in [0.05, 0.1) is 5.56 Å². The van der Waals surface area contributed by atoms with E-state index in [0.29, 0.717) is 25.1 Å². The minimum atomic E-state index is -1.29. The van der Waals surface area contributed by atoms with Crippen LogP contribution in [0.15, 0.2) is 23.1 Å². The molecule has 2 atom stereocenters. The molecule has 2 aliphatic heterocycles. The van der Waals surface area contributed by atoms with E-state index in [-0.39, 0.29) is 39.4 Å². The van der Waals surface area contributed by atoms with E-state index in [0.717, 1.165) is 36.7 Å². The SMILES string of the molecule is CCN1C(=O)c2c(O)c(=O)c(-c3nnc(Cc4cc(F)c(F)cc4F)s3)cn2N2C[C@@H](C)CCC[C@@H]12. The maximum Gasteiger partial charge on any atom is 0.278 e. The molecule has 1 aromatic carbocycles. The summed E-state index contributed by atoms with van der Waals surface area (Å²) >= 11 is 0.970. The Bertz CT molecular complexity index is 1410. The number of hydrogen-bond acceptors (Lipinski definition) is 7. The van der Waals surface area contributed by atoms with E-state index in [1.807, 2.05) is 11.9 Å². The van der Waals surface area contributed by atoms with Crippen molar-refractivity contribution < 1.29 is 23.1 Å². The maximum absolute atomic E-state index is 14.1. The molecule has 1 amide bonds. The van der Waals surface area contributed by atoms with Gasteiger partial charge in [0.15, 0.2) is 28.1 Å². The number of pyridine rings is 1. The largest absolute Gasteiger partial charge is 0.502 e. The first-order valence-corrected chi connectivity index (χ1v) is 12.5. The molecule has 1 fully saturated rings. The van der Waals surface area contributed by atoms with Gasteiger partial charge in [0, 0.05) is 31.8 Å². The molecule has 0 bridgehead atoms. The molecule has 36 heavy (non-hydrogen) atoms. The number of fused-ring (bicyclic) bond motifs is 3. The van der Waals surface area contributed by atoms with Crippen molar-refractivity contribution >= 4 is 17.2 Å². The maximum atomic E-state index is 14.1. The predicted octanol–water partition coefficient (Wildman–Crippen LogP) is 3.64. The number of carbonyl (C=O) groups is 1. The monoisotopic (exact) mass is 519 g/mol. The Balaban J connectivity index is 1.57. The van der Waals surface area contributed by atoms with Gasteiger partial charge in [-0.25, -0.2) is 13.2 Å². The molecule has 4 heterocycles. The lowest BCUT2D eigenvalue weighted by Gasteiger charge is -2.46. The van der Waals surface area contributed by atoms with Crippen molar-refractivity contribution in [2.24, 2.45) is 5.92 Å². The third-order valence-electron chi connectivity index (χ3n) is 6.74. The van der Waals surface area contributed by atoms with Crippen LogP contribution in [0.2, 0.25) is 0 Å². The highest BCUT2D eigenvalue weighted by Crippen LogP contribution is 2.33. The fourth-order valence-electron chi connectivity index (χ4n) is 4.94. The van der Waals surface area contributed by atoms with Crippen molar-refractivity contribution in [2.75, 3.05) is 18.1 Å². The van der Waals surface area contributed by atoms with Gasteiger partial charge in [-0.2, -0.15) is 0 Å². The molecular weight excluding hydrogens is 495 g/mol. The highest BCUT2D eigenvalue weighted by atomic mass is 32.1. The first-order valence-electron chi connectivity index (χ1n) is 11.7. The number of halogens is 3. The third-order valence-corrected chi connectivity index (χ3v) is 7.69. The van der Waals surface area contributed by atoms with Crippen LogP contribution in [0.5, 0.6) is 5.75 Å². The van der Waals surface area contributed by atoms with Crippen LogP contribution < -0.4 is 10.4 Å². The van der Waals surface area contributed by atoms with Crippen molar-refractivity contribution in [2.45, 2.75) is 45.7 Å². The molecule has 0 spiro atoms. The van der Waals surface area contributed by atoms with Gasteiger partial charge < -0.3 is 10.0 Å². The molecule has 1 saturated heterocycles. The van der Waals surface area contributed by atoms with Crippen LogP contribution in [0.1, 0.15) is 54.2 Å². The molecule has 0 aliphatic carbocycles. The van der Waals surface area contributed by atoms with Crippen molar-refractivity contribution in [3.05, 3.63) is 62.3 Å².